The van der Waals surface area contributed by atoms with Crippen LogP contribution in [0.15, 0.2) is 0 Å². The summed E-state index contributed by atoms with van der Waals surface area (Å²) in [6, 6.07) is 0. The maximum absolute atomic E-state index is 12.3. The minimum absolute atomic E-state index is 0.0363. The number of carbonyl (C=O) groups excluding carboxylic acids is 1. The zero-order chi connectivity index (χ0) is 16.5. The van der Waals surface area contributed by atoms with E-state index in [0.717, 1.165) is 32.0 Å². The minimum Gasteiger partial charge on any atom is -0.462 e. The van der Waals surface area contributed by atoms with E-state index < -0.39 is 0 Å². The molecule has 2 saturated carbocycles. The number of nitrogens with one attached hydrogen (secondary N) is 1. The molecule has 0 aromatic carbocycles. The van der Waals surface area contributed by atoms with Crippen LogP contribution < -0.4 is 5.32 Å². The van der Waals surface area contributed by atoms with Crippen molar-refractivity contribution < 1.29 is 14.3 Å². The van der Waals surface area contributed by atoms with E-state index in [2.05, 4.69) is 12.2 Å². The largest absolute Gasteiger partial charge is 0.462 e. The lowest BCUT2D eigenvalue weighted by atomic mass is 9.61. The fraction of sp³-hybridized carbons (Fsp3) is 0.950. The molecule has 6 unspecified atom stereocenters. The Morgan fingerprint density at radius 3 is 2.79 bits per heavy atom. The Balaban J connectivity index is 1.41. The first-order valence-electron chi connectivity index (χ1n) is 10.3. The lowest BCUT2D eigenvalue weighted by molar-refractivity contribution is -0.145. The van der Waals surface area contributed by atoms with Crippen molar-refractivity contribution in [3.05, 3.63) is 0 Å². The van der Waals surface area contributed by atoms with Crippen molar-refractivity contribution in [2.24, 2.45) is 29.6 Å². The normalized spacial score (nSPS) is 43.1. The summed E-state index contributed by atoms with van der Waals surface area (Å²) in [6.45, 7) is 5.25. The highest BCUT2D eigenvalue weighted by Crippen LogP contribution is 2.51. The number of piperidine rings is 1. The Bertz CT molecular complexity index is 448. The highest BCUT2D eigenvalue weighted by atomic mass is 16.6. The van der Waals surface area contributed by atoms with Crippen molar-refractivity contribution >= 4 is 5.97 Å². The number of carbonyl (C=O) groups is 1. The van der Waals surface area contributed by atoms with E-state index in [1.54, 1.807) is 0 Å². The maximum atomic E-state index is 12.3. The summed E-state index contributed by atoms with van der Waals surface area (Å²) in [4.78, 5) is 12.3. The van der Waals surface area contributed by atoms with Gasteiger partial charge in [-0.25, -0.2) is 0 Å². The second-order valence-electron chi connectivity index (χ2n) is 8.59. The summed E-state index contributed by atoms with van der Waals surface area (Å²) < 4.78 is 12.1. The molecule has 1 N–H and O–H groups in total. The van der Waals surface area contributed by atoms with E-state index in [0.29, 0.717) is 17.8 Å². The van der Waals surface area contributed by atoms with E-state index in [4.69, 9.17) is 9.47 Å². The Labute approximate surface area is 146 Å². The van der Waals surface area contributed by atoms with Gasteiger partial charge in [-0.1, -0.05) is 19.3 Å². The van der Waals surface area contributed by atoms with E-state index in [9.17, 15) is 4.79 Å². The third kappa shape index (κ3) is 3.24. The van der Waals surface area contributed by atoms with Crippen LogP contribution in [0, 0.1) is 29.6 Å². The third-order valence-corrected chi connectivity index (χ3v) is 7.23. The maximum Gasteiger partial charge on any atom is 0.309 e. The van der Waals surface area contributed by atoms with Crippen LogP contribution in [0.4, 0.5) is 0 Å². The van der Waals surface area contributed by atoms with Crippen molar-refractivity contribution in [3.63, 3.8) is 0 Å². The van der Waals surface area contributed by atoms with Gasteiger partial charge in [-0.15, -0.1) is 0 Å². The molecule has 2 aliphatic carbocycles. The molecular weight excluding hydrogens is 302 g/mol. The van der Waals surface area contributed by atoms with Gasteiger partial charge in [0.1, 0.15) is 6.10 Å². The number of hydrogen-bond donors (Lipinski definition) is 1. The summed E-state index contributed by atoms with van der Waals surface area (Å²) in [6.07, 6.45) is 10.3. The van der Waals surface area contributed by atoms with E-state index in [1.165, 1.54) is 44.9 Å². The van der Waals surface area contributed by atoms with Crippen LogP contribution in [0.1, 0.15) is 58.3 Å². The van der Waals surface area contributed by atoms with E-state index in [-0.39, 0.29) is 24.1 Å². The zero-order valence-corrected chi connectivity index (χ0v) is 15.0. The molecule has 4 aliphatic rings. The summed E-state index contributed by atoms with van der Waals surface area (Å²) in [5.41, 5.74) is 0. The summed E-state index contributed by atoms with van der Waals surface area (Å²) in [5.74, 6) is 2.59. The Morgan fingerprint density at radius 2 is 1.96 bits per heavy atom. The van der Waals surface area contributed by atoms with Crippen LogP contribution in [-0.4, -0.2) is 37.9 Å². The van der Waals surface area contributed by atoms with E-state index >= 15 is 0 Å². The molecule has 4 nitrogen and oxygen atoms in total. The molecule has 2 saturated heterocycles. The average Bonchev–Trinajstić information content (AvgIpc) is 2.89. The topological polar surface area (TPSA) is 47.6 Å². The number of fused-ring (bicyclic) bond motifs is 2. The van der Waals surface area contributed by atoms with Crippen LogP contribution in [0.2, 0.25) is 0 Å². The molecule has 0 spiro atoms. The van der Waals surface area contributed by atoms with Gasteiger partial charge in [0.05, 0.1) is 12.0 Å². The molecule has 136 valence electrons. The van der Waals surface area contributed by atoms with Crippen LogP contribution in [0.5, 0.6) is 0 Å². The Kier molecular flexibility index (Phi) is 5.14. The molecule has 4 heteroatoms. The highest BCUT2D eigenvalue weighted by molar-refractivity contribution is 5.75. The molecule has 24 heavy (non-hydrogen) atoms. The van der Waals surface area contributed by atoms with Crippen LogP contribution in [0.25, 0.3) is 0 Å². The monoisotopic (exact) mass is 335 g/mol. The first kappa shape index (κ1) is 16.8. The third-order valence-electron chi connectivity index (χ3n) is 7.23. The van der Waals surface area contributed by atoms with Crippen molar-refractivity contribution in [1.82, 2.24) is 5.32 Å². The lowest BCUT2D eigenvalue weighted by Crippen LogP contribution is -2.48. The molecule has 0 aromatic rings. The minimum atomic E-state index is 0.0363. The smallest absolute Gasteiger partial charge is 0.309 e. The number of ether oxygens (including phenoxy) is 2. The molecule has 0 radical (unpaired) electrons. The number of hydrogen-bond acceptors (Lipinski definition) is 4. The lowest BCUT2D eigenvalue weighted by Gasteiger charge is -2.46. The molecule has 4 rings (SSSR count). The second-order valence-corrected chi connectivity index (χ2v) is 8.59. The number of rotatable bonds is 4. The number of esters is 1. The summed E-state index contributed by atoms with van der Waals surface area (Å²) in [5, 5.41) is 3.44. The van der Waals surface area contributed by atoms with Crippen molar-refractivity contribution in [3.8, 4) is 0 Å². The van der Waals surface area contributed by atoms with Gasteiger partial charge in [0, 0.05) is 12.5 Å². The predicted molar refractivity (Wildman–Crippen MR) is 92.5 cm³/mol. The predicted octanol–water partition coefficient (Wildman–Crippen LogP) is 3.15. The highest BCUT2D eigenvalue weighted by Gasteiger charge is 2.55. The standard InChI is InChI=1S/C20H33NO3/c1-13-18-17(20(22)24-13)12-15-4-2-3-5-16(15)19(18)23-11-8-14-6-9-21-10-7-14/h13-19,21H,2-12H2,1H3. The van der Waals surface area contributed by atoms with Crippen molar-refractivity contribution in [2.75, 3.05) is 19.7 Å². The first-order chi connectivity index (χ1) is 11.7. The molecule has 0 bridgehead atoms. The van der Waals surface area contributed by atoms with Gasteiger partial charge in [0.2, 0.25) is 0 Å². The molecule has 0 aromatic heterocycles. The van der Waals surface area contributed by atoms with Gasteiger partial charge in [-0.05, 0) is 69.9 Å². The average molecular weight is 335 g/mol. The Morgan fingerprint density at radius 1 is 1.17 bits per heavy atom. The van der Waals surface area contributed by atoms with E-state index in [1.807, 2.05) is 0 Å². The van der Waals surface area contributed by atoms with Crippen LogP contribution >= 0.6 is 0 Å². The molecular formula is C20H33NO3. The van der Waals surface area contributed by atoms with Crippen molar-refractivity contribution in [1.29, 1.82) is 0 Å². The molecule has 2 heterocycles. The fourth-order valence-corrected chi connectivity index (χ4v) is 5.93. The first-order valence-corrected chi connectivity index (χ1v) is 10.3. The molecule has 0 amide bonds. The molecule has 4 fully saturated rings. The van der Waals surface area contributed by atoms with Crippen LogP contribution in [0.3, 0.4) is 0 Å². The molecule has 6 atom stereocenters. The summed E-state index contributed by atoms with van der Waals surface area (Å²) in [7, 11) is 0. The quantitative estimate of drug-likeness (QED) is 0.802. The van der Waals surface area contributed by atoms with Crippen LogP contribution in [-0.2, 0) is 14.3 Å². The molecule has 2 aliphatic heterocycles. The fourth-order valence-electron chi connectivity index (χ4n) is 5.93. The van der Waals surface area contributed by atoms with Gasteiger partial charge in [0.25, 0.3) is 0 Å². The Hall–Kier alpha value is -0.610. The van der Waals surface area contributed by atoms with Gasteiger partial charge in [-0.3, -0.25) is 4.79 Å². The van der Waals surface area contributed by atoms with Gasteiger partial charge in [-0.2, -0.15) is 0 Å². The SMILES string of the molecule is CC1OC(=O)C2CC3CCCCC3C(OCCC3CCNCC3)C12. The number of cyclic esters (lactones) is 1. The second kappa shape index (κ2) is 7.33. The van der Waals surface area contributed by atoms with Crippen molar-refractivity contribution in [2.45, 2.75) is 70.5 Å². The van der Waals surface area contributed by atoms with Gasteiger partial charge >= 0.3 is 5.97 Å². The summed E-state index contributed by atoms with van der Waals surface area (Å²) >= 11 is 0. The van der Waals surface area contributed by atoms with Gasteiger partial charge < -0.3 is 14.8 Å². The van der Waals surface area contributed by atoms with Gasteiger partial charge in [0.15, 0.2) is 0 Å². The zero-order valence-electron chi connectivity index (χ0n) is 15.0.